The number of hydrogen-bond acceptors (Lipinski definition) is 2. The smallest absolute Gasteiger partial charge is 0.105 e. The lowest BCUT2D eigenvalue weighted by molar-refractivity contribution is 0.221. The molecule has 100 valence electrons. The molecule has 0 saturated carbocycles. The lowest BCUT2D eigenvalue weighted by atomic mass is 9.93. The van der Waals surface area contributed by atoms with Crippen LogP contribution in [0.2, 0.25) is 0 Å². The molecule has 0 saturated heterocycles. The van der Waals surface area contributed by atoms with Gasteiger partial charge in [0, 0.05) is 5.69 Å². The number of nitrogen functional groups attached to an aromatic ring is 1. The van der Waals surface area contributed by atoms with Gasteiger partial charge >= 0.3 is 0 Å². The zero-order valence-corrected chi connectivity index (χ0v) is 11.4. The lowest BCUT2D eigenvalue weighted by Crippen LogP contribution is -2.04. The first-order valence-corrected chi connectivity index (χ1v) is 6.69. The van der Waals surface area contributed by atoms with Gasteiger partial charge in [-0.2, -0.15) is 0 Å². The summed E-state index contributed by atoms with van der Waals surface area (Å²) < 4.78 is 0. The van der Waals surface area contributed by atoms with Crippen molar-refractivity contribution in [3.8, 4) is 0 Å². The zero-order chi connectivity index (χ0) is 14.1. The van der Waals surface area contributed by atoms with Crippen molar-refractivity contribution in [2.75, 3.05) is 5.73 Å². The summed E-state index contributed by atoms with van der Waals surface area (Å²) in [5, 5.41) is 12.9. The molecule has 0 amide bonds. The van der Waals surface area contributed by atoms with Gasteiger partial charge in [0.05, 0.1) is 0 Å². The van der Waals surface area contributed by atoms with Gasteiger partial charge in [0.25, 0.3) is 0 Å². The van der Waals surface area contributed by atoms with Crippen LogP contribution in [0.1, 0.15) is 22.8 Å². The molecule has 2 nitrogen and oxygen atoms in total. The molecule has 3 N–H and O–H groups in total. The van der Waals surface area contributed by atoms with Gasteiger partial charge in [0.15, 0.2) is 0 Å². The molecule has 2 heteroatoms. The van der Waals surface area contributed by atoms with Gasteiger partial charge in [-0.1, -0.05) is 54.6 Å². The summed E-state index contributed by atoms with van der Waals surface area (Å²) in [6.07, 6.45) is -0.662. The Balaban J connectivity index is 2.18. The molecule has 0 bridgehead atoms. The summed E-state index contributed by atoms with van der Waals surface area (Å²) in [6, 6.07) is 19.7. The van der Waals surface area contributed by atoms with Crippen LogP contribution in [0.15, 0.2) is 60.7 Å². The summed E-state index contributed by atoms with van der Waals surface area (Å²) in [4.78, 5) is 0. The highest BCUT2D eigenvalue weighted by Crippen LogP contribution is 2.31. The van der Waals surface area contributed by atoms with E-state index in [0.717, 1.165) is 27.5 Å². The number of fused-ring (bicyclic) bond motifs is 1. The summed E-state index contributed by atoms with van der Waals surface area (Å²) in [5.41, 5.74) is 9.36. The zero-order valence-electron chi connectivity index (χ0n) is 11.4. The number of hydrogen-bond donors (Lipinski definition) is 2. The van der Waals surface area contributed by atoms with Crippen LogP contribution in [0.3, 0.4) is 0 Å². The molecule has 0 unspecified atom stereocenters. The second kappa shape index (κ2) is 4.99. The standard InChI is InChI=1S/C18H17NO/c1-12-14(9-5-11-17(12)19)18(20)16-10-4-7-13-6-2-3-8-15(13)16/h2-11,18,20H,19H2,1H3/t18-/m1/s1. The predicted molar refractivity (Wildman–Crippen MR) is 83.6 cm³/mol. The van der Waals surface area contributed by atoms with Gasteiger partial charge < -0.3 is 10.8 Å². The number of rotatable bonds is 2. The van der Waals surface area contributed by atoms with E-state index in [1.807, 2.05) is 55.5 Å². The SMILES string of the molecule is Cc1c(N)cccc1[C@@H](O)c1cccc2ccccc12. The molecule has 3 aromatic carbocycles. The molecule has 0 aliphatic heterocycles. The molecule has 0 radical (unpaired) electrons. The van der Waals surface area contributed by atoms with Gasteiger partial charge in [-0.15, -0.1) is 0 Å². The van der Waals surface area contributed by atoms with Crippen LogP contribution in [0.25, 0.3) is 10.8 Å². The Morgan fingerprint density at radius 2 is 1.50 bits per heavy atom. The number of benzene rings is 3. The predicted octanol–water partition coefficient (Wildman–Crippen LogP) is 3.81. The van der Waals surface area contributed by atoms with Crippen molar-refractivity contribution in [2.24, 2.45) is 0 Å². The topological polar surface area (TPSA) is 46.2 Å². The van der Waals surface area contributed by atoms with Crippen LogP contribution in [0.5, 0.6) is 0 Å². The number of aliphatic hydroxyl groups is 1. The third-order valence-corrected chi connectivity index (χ3v) is 3.83. The van der Waals surface area contributed by atoms with E-state index in [-0.39, 0.29) is 0 Å². The van der Waals surface area contributed by atoms with E-state index in [9.17, 15) is 5.11 Å². The van der Waals surface area contributed by atoms with E-state index < -0.39 is 6.10 Å². The van der Waals surface area contributed by atoms with E-state index >= 15 is 0 Å². The van der Waals surface area contributed by atoms with Crippen molar-refractivity contribution >= 4 is 16.5 Å². The highest BCUT2D eigenvalue weighted by molar-refractivity contribution is 5.86. The fourth-order valence-corrected chi connectivity index (χ4v) is 2.62. The van der Waals surface area contributed by atoms with Crippen LogP contribution < -0.4 is 5.73 Å². The maximum Gasteiger partial charge on any atom is 0.105 e. The summed E-state index contributed by atoms with van der Waals surface area (Å²) in [7, 11) is 0. The fourth-order valence-electron chi connectivity index (χ4n) is 2.62. The van der Waals surface area contributed by atoms with Gasteiger partial charge in [-0.05, 0) is 40.5 Å². The van der Waals surface area contributed by atoms with E-state index in [2.05, 4.69) is 12.1 Å². The van der Waals surface area contributed by atoms with Crippen molar-refractivity contribution < 1.29 is 5.11 Å². The number of aliphatic hydroxyl groups excluding tert-OH is 1. The first-order chi connectivity index (χ1) is 9.68. The molecular weight excluding hydrogens is 246 g/mol. The van der Waals surface area contributed by atoms with Crippen LogP contribution in [-0.4, -0.2) is 5.11 Å². The van der Waals surface area contributed by atoms with E-state index in [0.29, 0.717) is 5.69 Å². The van der Waals surface area contributed by atoms with E-state index in [1.54, 1.807) is 0 Å². The van der Waals surface area contributed by atoms with Gasteiger partial charge in [0.2, 0.25) is 0 Å². The monoisotopic (exact) mass is 263 g/mol. The van der Waals surface area contributed by atoms with Crippen molar-refractivity contribution in [1.29, 1.82) is 0 Å². The Morgan fingerprint density at radius 3 is 2.35 bits per heavy atom. The highest BCUT2D eigenvalue weighted by atomic mass is 16.3. The van der Waals surface area contributed by atoms with E-state index in [4.69, 9.17) is 5.73 Å². The number of nitrogens with two attached hydrogens (primary N) is 1. The van der Waals surface area contributed by atoms with Crippen molar-refractivity contribution in [1.82, 2.24) is 0 Å². The van der Waals surface area contributed by atoms with Gasteiger partial charge in [0.1, 0.15) is 6.10 Å². The van der Waals surface area contributed by atoms with Crippen LogP contribution in [0.4, 0.5) is 5.69 Å². The molecule has 0 heterocycles. The third kappa shape index (κ3) is 2.04. The van der Waals surface area contributed by atoms with Crippen molar-refractivity contribution in [3.05, 3.63) is 77.4 Å². The van der Waals surface area contributed by atoms with E-state index in [1.165, 1.54) is 0 Å². The Labute approximate surface area is 118 Å². The third-order valence-electron chi connectivity index (χ3n) is 3.83. The second-order valence-corrected chi connectivity index (χ2v) is 5.03. The molecule has 0 aliphatic rings. The van der Waals surface area contributed by atoms with Crippen LogP contribution in [-0.2, 0) is 0 Å². The second-order valence-electron chi connectivity index (χ2n) is 5.03. The van der Waals surface area contributed by atoms with Crippen molar-refractivity contribution in [3.63, 3.8) is 0 Å². The van der Waals surface area contributed by atoms with Crippen LogP contribution >= 0.6 is 0 Å². The molecule has 3 rings (SSSR count). The largest absolute Gasteiger partial charge is 0.399 e. The quantitative estimate of drug-likeness (QED) is 0.691. The van der Waals surface area contributed by atoms with Gasteiger partial charge in [-0.3, -0.25) is 0 Å². The Morgan fingerprint density at radius 1 is 0.850 bits per heavy atom. The Bertz CT molecular complexity index is 759. The number of anilines is 1. The Kier molecular flexibility index (Phi) is 3.17. The Hall–Kier alpha value is -2.32. The fraction of sp³-hybridized carbons (Fsp3) is 0.111. The highest BCUT2D eigenvalue weighted by Gasteiger charge is 2.16. The normalized spacial score (nSPS) is 12.5. The first kappa shape index (κ1) is 12.7. The molecule has 20 heavy (non-hydrogen) atoms. The minimum absolute atomic E-state index is 0.662. The molecule has 0 spiro atoms. The van der Waals surface area contributed by atoms with Crippen molar-refractivity contribution in [2.45, 2.75) is 13.0 Å². The van der Waals surface area contributed by atoms with Crippen LogP contribution in [0, 0.1) is 6.92 Å². The minimum atomic E-state index is -0.662. The first-order valence-electron chi connectivity index (χ1n) is 6.69. The lowest BCUT2D eigenvalue weighted by Gasteiger charge is -2.17. The minimum Gasteiger partial charge on any atom is -0.399 e. The average molecular weight is 263 g/mol. The molecular formula is C18H17NO. The maximum absolute atomic E-state index is 10.7. The molecule has 0 aliphatic carbocycles. The summed E-state index contributed by atoms with van der Waals surface area (Å²) in [5.74, 6) is 0. The maximum atomic E-state index is 10.7. The molecule has 0 aromatic heterocycles. The molecule has 3 aromatic rings. The van der Waals surface area contributed by atoms with Gasteiger partial charge in [-0.25, -0.2) is 0 Å². The molecule has 0 fully saturated rings. The molecule has 1 atom stereocenters. The average Bonchev–Trinajstić information content (AvgIpc) is 2.49. The summed E-state index contributed by atoms with van der Waals surface area (Å²) in [6.45, 7) is 1.94. The summed E-state index contributed by atoms with van der Waals surface area (Å²) >= 11 is 0.